The van der Waals surface area contributed by atoms with Gasteiger partial charge in [0.05, 0.1) is 17.1 Å². The van der Waals surface area contributed by atoms with E-state index in [0.717, 1.165) is 42.4 Å². The van der Waals surface area contributed by atoms with Crippen molar-refractivity contribution in [3.63, 3.8) is 0 Å². The Morgan fingerprint density at radius 2 is 1.84 bits per heavy atom. The standard InChI is InChI=1S/C34H43ClN6O2/c1-33(2,3)15-16-37-21-23-9-14-29-28(18-23)38-32(39-30(42)24-10-12-26(35)13-11-24)41(29)22-27-8-7-17-40(27)31(43)25(20-36)19-34(4,5)6/h9-14,18-19,27,37H,7-8,15-17,21-22H2,1-6H3,(H,38,39,42). The molecule has 4 rings (SSSR count). The maximum absolute atomic E-state index is 13.5. The van der Waals surface area contributed by atoms with Gasteiger partial charge in [0.15, 0.2) is 0 Å². The number of likely N-dealkylation sites (tertiary alicyclic amines) is 1. The molecule has 8 nitrogen and oxygen atoms in total. The number of fused-ring (bicyclic) bond motifs is 1. The summed E-state index contributed by atoms with van der Waals surface area (Å²) in [6.07, 6.45) is 4.44. The van der Waals surface area contributed by atoms with Crippen molar-refractivity contribution in [1.29, 1.82) is 5.26 Å². The summed E-state index contributed by atoms with van der Waals surface area (Å²) in [6, 6.07) is 14.8. The summed E-state index contributed by atoms with van der Waals surface area (Å²) in [5.74, 6) is -0.130. The first-order valence-electron chi connectivity index (χ1n) is 14.9. The first kappa shape index (κ1) is 32.2. The quantitative estimate of drug-likeness (QED) is 0.157. The second-order valence-corrected chi connectivity index (χ2v) is 14.1. The van der Waals surface area contributed by atoms with Crippen LogP contribution in [0.3, 0.4) is 0 Å². The summed E-state index contributed by atoms with van der Waals surface area (Å²) in [7, 11) is 0. The maximum Gasteiger partial charge on any atom is 0.264 e. The number of amides is 2. The number of imidazole rings is 1. The highest BCUT2D eigenvalue weighted by molar-refractivity contribution is 6.30. The van der Waals surface area contributed by atoms with Gasteiger partial charge in [-0.2, -0.15) is 5.26 Å². The van der Waals surface area contributed by atoms with Crippen LogP contribution in [0.4, 0.5) is 5.95 Å². The lowest BCUT2D eigenvalue weighted by molar-refractivity contribution is -0.127. The molecule has 1 unspecified atom stereocenters. The molecule has 1 aromatic heterocycles. The highest BCUT2D eigenvalue weighted by Gasteiger charge is 2.32. The first-order valence-corrected chi connectivity index (χ1v) is 15.3. The molecule has 9 heteroatoms. The van der Waals surface area contributed by atoms with E-state index in [1.54, 1.807) is 35.2 Å². The zero-order valence-electron chi connectivity index (χ0n) is 26.1. The Kier molecular flexibility index (Phi) is 9.99. The van der Waals surface area contributed by atoms with E-state index in [-0.39, 0.29) is 34.3 Å². The lowest BCUT2D eigenvalue weighted by Gasteiger charge is -2.26. The summed E-state index contributed by atoms with van der Waals surface area (Å²) in [5.41, 5.74) is 3.33. The molecule has 2 heterocycles. The van der Waals surface area contributed by atoms with Crippen LogP contribution in [0.1, 0.15) is 76.7 Å². The van der Waals surface area contributed by atoms with Crippen LogP contribution in [0.2, 0.25) is 5.02 Å². The fourth-order valence-corrected chi connectivity index (χ4v) is 5.40. The van der Waals surface area contributed by atoms with Crippen LogP contribution in [0.25, 0.3) is 11.0 Å². The molecule has 1 aliphatic heterocycles. The van der Waals surface area contributed by atoms with E-state index in [2.05, 4.69) is 43.5 Å². The summed E-state index contributed by atoms with van der Waals surface area (Å²) in [4.78, 5) is 33.4. The van der Waals surface area contributed by atoms with Crippen molar-refractivity contribution in [2.24, 2.45) is 10.8 Å². The molecular weight excluding hydrogens is 560 g/mol. The molecular formula is C34H43ClN6O2. The van der Waals surface area contributed by atoms with Crippen molar-refractivity contribution in [3.05, 3.63) is 70.3 Å². The Labute approximate surface area is 260 Å². The van der Waals surface area contributed by atoms with E-state index in [1.165, 1.54) is 0 Å². The molecule has 0 saturated carbocycles. The molecule has 1 saturated heterocycles. The molecule has 2 aromatic carbocycles. The van der Waals surface area contributed by atoms with Crippen LogP contribution >= 0.6 is 11.6 Å². The van der Waals surface area contributed by atoms with Gasteiger partial charge in [-0.05, 0) is 78.6 Å². The van der Waals surface area contributed by atoms with E-state index in [1.807, 2.05) is 37.5 Å². The number of carbonyl (C=O) groups is 2. The van der Waals surface area contributed by atoms with Gasteiger partial charge in [-0.3, -0.25) is 14.9 Å². The fraction of sp³-hybridized carbons (Fsp3) is 0.471. The molecule has 228 valence electrons. The second-order valence-electron chi connectivity index (χ2n) is 13.6. The van der Waals surface area contributed by atoms with Crippen molar-refractivity contribution in [1.82, 2.24) is 19.8 Å². The summed E-state index contributed by atoms with van der Waals surface area (Å²) in [5, 5.41) is 16.8. The third-order valence-corrected chi connectivity index (χ3v) is 7.74. The predicted molar refractivity (Wildman–Crippen MR) is 173 cm³/mol. The van der Waals surface area contributed by atoms with Crippen molar-refractivity contribution >= 4 is 40.4 Å². The second kappa shape index (κ2) is 13.3. The average Bonchev–Trinajstić information content (AvgIpc) is 3.53. The lowest BCUT2D eigenvalue weighted by Crippen LogP contribution is -2.39. The van der Waals surface area contributed by atoms with Crippen LogP contribution < -0.4 is 10.6 Å². The molecule has 0 radical (unpaired) electrons. The topological polar surface area (TPSA) is 103 Å². The van der Waals surface area contributed by atoms with Crippen LogP contribution in [0, 0.1) is 22.2 Å². The summed E-state index contributed by atoms with van der Waals surface area (Å²) >= 11 is 6.03. The molecule has 2 amide bonds. The first-order chi connectivity index (χ1) is 20.2. The zero-order chi connectivity index (χ0) is 31.4. The van der Waals surface area contributed by atoms with E-state index < -0.39 is 0 Å². The minimum Gasteiger partial charge on any atom is -0.333 e. The molecule has 0 spiro atoms. The molecule has 3 aromatic rings. The Morgan fingerprint density at radius 3 is 2.49 bits per heavy atom. The number of carbonyl (C=O) groups excluding carboxylic acids is 2. The van der Waals surface area contributed by atoms with Crippen LogP contribution in [0.15, 0.2) is 54.1 Å². The monoisotopic (exact) mass is 602 g/mol. The number of nitriles is 1. The van der Waals surface area contributed by atoms with Crippen LogP contribution in [-0.2, 0) is 17.9 Å². The molecule has 1 fully saturated rings. The molecule has 43 heavy (non-hydrogen) atoms. The maximum atomic E-state index is 13.5. The van der Waals surface area contributed by atoms with E-state index in [4.69, 9.17) is 16.6 Å². The van der Waals surface area contributed by atoms with Gasteiger partial charge in [0.1, 0.15) is 11.6 Å². The van der Waals surface area contributed by atoms with E-state index in [0.29, 0.717) is 36.2 Å². The van der Waals surface area contributed by atoms with E-state index >= 15 is 0 Å². The van der Waals surface area contributed by atoms with Crippen molar-refractivity contribution < 1.29 is 9.59 Å². The number of aromatic nitrogens is 2. The van der Waals surface area contributed by atoms with Gasteiger partial charge in [-0.25, -0.2) is 4.98 Å². The molecule has 1 atom stereocenters. The Balaban J connectivity index is 1.63. The van der Waals surface area contributed by atoms with Gasteiger partial charge in [-0.15, -0.1) is 0 Å². The minimum atomic E-state index is -0.297. The van der Waals surface area contributed by atoms with Gasteiger partial charge in [0.2, 0.25) is 5.95 Å². The molecule has 2 N–H and O–H groups in total. The van der Waals surface area contributed by atoms with Gasteiger partial charge in [0, 0.05) is 30.2 Å². The Hall–Kier alpha value is -3.67. The van der Waals surface area contributed by atoms with Gasteiger partial charge in [-0.1, -0.05) is 65.3 Å². The molecule has 0 bridgehead atoms. The normalized spacial score (nSPS) is 16.0. The number of anilines is 1. The summed E-state index contributed by atoms with van der Waals surface area (Å²) < 4.78 is 1.98. The van der Waals surface area contributed by atoms with Crippen molar-refractivity contribution in [3.8, 4) is 6.07 Å². The van der Waals surface area contributed by atoms with Crippen molar-refractivity contribution in [2.75, 3.05) is 18.4 Å². The third kappa shape index (κ3) is 8.68. The molecule has 1 aliphatic rings. The number of halogens is 1. The fourth-order valence-electron chi connectivity index (χ4n) is 5.27. The Morgan fingerprint density at radius 1 is 1.12 bits per heavy atom. The summed E-state index contributed by atoms with van der Waals surface area (Å²) in [6.45, 7) is 15.3. The number of rotatable bonds is 9. The average molecular weight is 603 g/mol. The van der Waals surface area contributed by atoms with Gasteiger partial charge in [0.25, 0.3) is 11.8 Å². The van der Waals surface area contributed by atoms with Gasteiger partial charge < -0.3 is 14.8 Å². The highest BCUT2D eigenvalue weighted by atomic mass is 35.5. The number of hydrogen-bond acceptors (Lipinski definition) is 5. The number of hydrogen-bond donors (Lipinski definition) is 2. The van der Waals surface area contributed by atoms with Gasteiger partial charge >= 0.3 is 0 Å². The third-order valence-electron chi connectivity index (χ3n) is 7.48. The van der Waals surface area contributed by atoms with Crippen LogP contribution in [0.5, 0.6) is 0 Å². The highest BCUT2D eigenvalue weighted by Crippen LogP contribution is 2.28. The SMILES string of the molecule is CC(C)(C)C=C(C#N)C(=O)N1CCCC1Cn1c(NC(=O)c2ccc(Cl)cc2)nc2cc(CNCCC(C)(C)C)ccc21. The largest absolute Gasteiger partial charge is 0.333 e. The number of allylic oxidation sites excluding steroid dienone is 1. The lowest BCUT2D eigenvalue weighted by atomic mass is 9.92. The Bertz CT molecular complexity index is 1540. The predicted octanol–water partition coefficient (Wildman–Crippen LogP) is 6.95. The number of nitrogens with one attached hydrogen (secondary N) is 2. The van der Waals surface area contributed by atoms with Crippen LogP contribution in [-0.4, -0.2) is 45.4 Å². The van der Waals surface area contributed by atoms with Crippen molar-refractivity contribution in [2.45, 2.75) is 79.9 Å². The minimum absolute atomic E-state index is 0.147. The van der Waals surface area contributed by atoms with E-state index in [9.17, 15) is 14.9 Å². The molecule has 0 aliphatic carbocycles. The smallest absolute Gasteiger partial charge is 0.264 e. The zero-order valence-corrected chi connectivity index (χ0v) is 26.9. The number of nitrogens with zero attached hydrogens (tertiary/aromatic N) is 4. The number of benzene rings is 2.